The normalized spacial score (nSPS) is 34.2. The molecule has 2 nitrogen and oxygen atoms in total. The molecule has 1 rings (SSSR count). The fraction of sp³-hybridized carbons (Fsp3) is 0.857. The predicted molar refractivity (Wildman–Crippen MR) is 33.8 cm³/mol. The highest BCUT2D eigenvalue weighted by Crippen LogP contribution is 2.27. The standard InChI is InChI=1S/C7H11NO/c1-7(4-5-8)3-2-6-9-7/h2-4,6H2,1H3. The van der Waals surface area contributed by atoms with Crippen LogP contribution in [0.2, 0.25) is 0 Å². The second-order valence-corrected chi connectivity index (χ2v) is 2.74. The Morgan fingerprint density at radius 3 is 3.00 bits per heavy atom. The number of nitriles is 1. The van der Waals surface area contributed by atoms with E-state index in [9.17, 15) is 0 Å². The lowest BCUT2D eigenvalue weighted by molar-refractivity contribution is 0.0244. The summed E-state index contributed by atoms with van der Waals surface area (Å²) in [6.07, 6.45) is 2.69. The van der Waals surface area contributed by atoms with Crippen molar-refractivity contribution in [3.63, 3.8) is 0 Å². The highest BCUT2D eigenvalue weighted by atomic mass is 16.5. The average Bonchev–Trinajstić information content (AvgIpc) is 2.16. The van der Waals surface area contributed by atoms with E-state index in [0.717, 1.165) is 19.4 Å². The van der Waals surface area contributed by atoms with Gasteiger partial charge in [-0.25, -0.2) is 0 Å². The molecule has 0 saturated carbocycles. The highest BCUT2D eigenvalue weighted by molar-refractivity contribution is 4.89. The fourth-order valence-electron chi connectivity index (χ4n) is 1.14. The van der Waals surface area contributed by atoms with E-state index >= 15 is 0 Å². The van der Waals surface area contributed by atoms with Crippen LogP contribution in [0.15, 0.2) is 0 Å². The summed E-state index contributed by atoms with van der Waals surface area (Å²) in [6.45, 7) is 2.83. The van der Waals surface area contributed by atoms with Crippen molar-refractivity contribution in [2.45, 2.75) is 31.8 Å². The zero-order valence-electron chi connectivity index (χ0n) is 5.68. The summed E-state index contributed by atoms with van der Waals surface area (Å²) in [7, 11) is 0. The van der Waals surface area contributed by atoms with Crippen LogP contribution in [0, 0.1) is 11.3 Å². The monoisotopic (exact) mass is 125 g/mol. The predicted octanol–water partition coefficient (Wildman–Crippen LogP) is 1.47. The summed E-state index contributed by atoms with van der Waals surface area (Å²) in [5.74, 6) is 0. The van der Waals surface area contributed by atoms with Gasteiger partial charge in [-0.15, -0.1) is 0 Å². The van der Waals surface area contributed by atoms with Gasteiger partial charge < -0.3 is 4.74 Å². The van der Waals surface area contributed by atoms with E-state index < -0.39 is 0 Å². The molecule has 2 heteroatoms. The molecule has 1 unspecified atom stereocenters. The maximum atomic E-state index is 8.36. The maximum Gasteiger partial charge on any atom is 0.0784 e. The van der Waals surface area contributed by atoms with Crippen molar-refractivity contribution in [2.24, 2.45) is 0 Å². The summed E-state index contributed by atoms with van der Waals surface area (Å²) in [6, 6.07) is 2.13. The van der Waals surface area contributed by atoms with Crippen molar-refractivity contribution < 1.29 is 4.74 Å². The average molecular weight is 125 g/mol. The molecule has 0 radical (unpaired) electrons. The van der Waals surface area contributed by atoms with Gasteiger partial charge in [0, 0.05) is 6.61 Å². The number of nitrogens with zero attached hydrogens (tertiary/aromatic N) is 1. The molecule has 1 aliphatic heterocycles. The van der Waals surface area contributed by atoms with Crippen molar-refractivity contribution >= 4 is 0 Å². The molecule has 0 bridgehead atoms. The van der Waals surface area contributed by atoms with E-state index in [4.69, 9.17) is 10.00 Å². The van der Waals surface area contributed by atoms with Crippen LogP contribution in [0.1, 0.15) is 26.2 Å². The lowest BCUT2D eigenvalue weighted by atomic mass is 10.00. The quantitative estimate of drug-likeness (QED) is 0.531. The van der Waals surface area contributed by atoms with Crippen molar-refractivity contribution in [3.05, 3.63) is 0 Å². The zero-order valence-corrected chi connectivity index (χ0v) is 5.68. The second kappa shape index (κ2) is 2.36. The summed E-state index contributed by atoms with van der Waals surface area (Å²) < 4.78 is 5.36. The molecule has 1 heterocycles. The lowest BCUT2D eigenvalue weighted by Crippen LogP contribution is -2.21. The summed E-state index contributed by atoms with van der Waals surface area (Å²) in [4.78, 5) is 0. The maximum absolute atomic E-state index is 8.36. The number of hydrogen-bond donors (Lipinski definition) is 0. The molecule has 0 aliphatic carbocycles. The molecule has 0 spiro atoms. The molecule has 50 valence electrons. The fourth-order valence-corrected chi connectivity index (χ4v) is 1.14. The van der Waals surface area contributed by atoms with Gasteiger partial charge in [-0.2, -0.15) is 5.26 Å². The summed E-state index contributed by atoms with van der Waals surface area (Å²) in [5.41, 5.74) is -0.116. The first-order valence-electron chi connectivity index (χ1n) is 3.28. The second-order valence-electron chi connectivity index (χ2n) is 2.74. The van der Waals surface area contributed by atoms with Crippen LogP contribution in [0.5, 0.6) is 0 Å². The van der Waals surface area contributed by atoms with Crippen LogP contribution in [-0.2, 0) is 4.74 Å². The minimum Gasteiger partial charge on any atom is -0.374 e. The van der Waals surface area contributed by atoms with Gasteiger partial charge in [0.1, 0.15) is 0 Å². The van der Waals surface area contributed by atoms with Crippen LogP contribution in [0.4, 0.5) is 0 Å². The van der Waals surface area contributed by atoms with E-state index in [1.54, 1.807) is 0 Å². The Morgan fingerprint density at radius 2 is 2.56 bits per heavy atom. The first-order valence-corrected chi connectivity index (χ1v) is 3.28. The molecule has 0 aromatic rings. The zero-order chi connectivity index (χ0) is 6.74. The van der Waals surface area contributed by atoms with Gasteiger partial charge in [-0.3, -0.25) is 0 Å². The smallest absolute Gasteiger partial charge is 0.0784 e. The third-order valence-corrected chi connectivity index (χ3v) is 1.75. The van der Waals surface area contributed by atoms with Crippen molar-refractivity contribution in [2.75, 3.05) is 6.61 Å². The third-order valence-electron chi connectivity index (χ3n) is 1.75. The van der Waals surface area contributed by atoms with Crippen LogP contribution < -0.4 is 0 Å². The highest BCUT2D eigenvalue weighted by Gasteiger charge is 2.28. The Balaban J connectivity index is 2.43. The van der Waals surface area contributed by atoms with E-state index in [1.807, 2.05) is 6.92 Å². The van der Waals surface area contributed by atoms with Crippen molar-refractivity contribution in [1.82, 2.24) is 0 Å². The van der Waals surface area contributed by atoms with Crippen LogP contribution in [-0.4, -0.2) is 12.2 Å². The minimum absolute atomic E-state index is 0.116. The van der Waals surface area contributed by atoms with Gasteiger partial charge in [0.25, 0.3) is 0 Å². The van der Waals surface area contributed by atoms with E-state index in [2.05, 4.69) is 6.07 Å². The molecule has 1 aliphatic rings. The SMILES string of the molecule is CC1(CC#N)CCCO1. The van der Waals surface area contributed by atoms with Gasteiger partial charge >= 0.3 is 0 Å². The molecular weight excluding hydrogens is 114 g/mol. The Kier molecular flexibility index (Phi) is 1.73. The van der Waals surface area contributed by atoms with Gasteiger partial charge in [-0.05, 0) is 19.8 Å². The summed E-state index contributed by atoms with van der Waals surface area (Å²) >= 11 is 0. The first-order chi connectivity index (χ1) is 4.27. The molecule has 0 aromatic heterocycles. The molecule has 1 atom stereocenters. The van der Waals surface area contributed by atoms with Crippen LogP contribution in [0.3, 0.4) is 0 Å². The molecule has 1 fully saturated rings. The third kappa shape index (κ3) is 1.43. The van der Waals surface area contributed by atoms with E-state index in [1.165, 1.54) is 0 Å². The molecule has 0 N–H and O–H groups in total. The Morgan fingerprint density at radius 1 is 1.78 bits per heavy atom. The van der Waals surface area contributed by atoms with Gasteiger partial charge in [0.2, 0.25) is 0 Å². The lowest BCUT2D eigenvalue weighted by Gasteiger charge is -2.18. The Labute approximate surface area is 55.4 Å². The number of ether oxygens (including phenoxy) is 1. The van der Waals surface area contributed by atoms with Gasteiger partial charge in [-0.1, -0.05) is 0 Å². The molecule has 9 heavy (non-hydrogen) atoms. The molecule has 1 saturated heterocycles. The van der Waals surface area contributed by atoms with E-state index in [0.29, 0.717) is 6.42 Å². The van der Waals surface area contributed by atoms with Crippen molar-refractivity contribution in [3.8, 4) is 6.07 Å². The molecule has 0 aromatic carbocycles. The van der Waals surface area contributed by atoms with Crippen LogP contribution >= 0.6 is 0 Å². The first kappa shape index (κ1) is 6.57. The topological polar surface area (TPSA) is 33.0 Å². The largest absolute Gasteiger partial charge is 0.374 e. The van der Waals surface area contributed by atoms with Gasteiger partial charge in [0.05, 0.1) is 18.1 Å². The number of rotatable bonds is 1. The summed E-state index contributed by atoms with van der Waals surface area (Å²) in [5, 5.41) is 8.36. The van der Waals surface area contributed by atoms with Crippen LogP contribution in [0.25, 0.3) is 0 Å². The van der Waals surface area contributed by atoms with E-state index in [-0.39, 0.29) is 5.60 Å². The molecular formula is C7H11NO. The number of hydrogen-bond acceptors (Lipinski definition) is 2. The van der Waals surface area contributed by atoms with Crippen molar-refractivity contribution in [1.29, 1.82) is 5.26 Å². The Bertz CT molecular complexity index is 130. The Hall–Kier alpha value is -0.550. The van der Waals surface area contributed by atoms with Gasteiger partial charge in [0.15, 0.2) is 0 Å². The minimum atomic E-state index is -0.116. The molecule has 0 amide bonds.